The molecule has 0 aromatic heterocycles. The van der Waals surface area contributed by atoms with Gasteiger partial charge in [0.05, 0.1) is 0 Å². The molecule has 1 aliphatic rings. The van der Waals surface area contributed by atoms with Crippen LogP contribution in [0.2, 0.25) is 10.0 Å². The fourth-order valence-electron chi connectivity index (χ4n) is 2.51. The third kappa shape index (κ3) is 2.52. The molecule has 1 aromatic rings. The second-order valence-corrected chi connectivity index (χ2v) is 5.35. The van der Waals surface area contributed by atoms with Gasteiger partial charge in [-0.1, -0.05) is 48.3 Å². The molecule has 0 saturated carbocycles. The van der Waals surface area contributed by atoms with E-state index in [1.54, 1.807) is 0 Å². The Morgan fingerprint density at radius 1 is 1.18 bits per heavy atom. The fraction of sp³-hybridized carbons (Fsp3) is 0.429. The summed E-state index contributed by atoms with van der Waals surface area (Å²) >= 11 is 12.7. The molecule has 0 aliphatic heterocycles. The van der Waals surface area contributed by atoms with E-state index in [1.165, 1.54) is 0 Å². The predicted octanol–water partition coefficient (Wildman–Crippen LogP) is 4.19. The number of hydrogen-bond acceptors (Lipinski definition) is 1. The third-order valence-electron chi connectivity index (χ3n) is 3.39. The minimum absolute atomic E-state index is 0.0332. The molecule has 0 fully saturated rings. The van der Waals surface area contributed by atoms with Gasteiger partial charge in [0.1, 0.15) is 0 Å². The van der Waals surface area contributed by atoms with Gasteiger partial charge in [0.2, 0.25) is 0 Å². The van der Waals surface area contributed by atoms with Gasteiger partial charge < -0.3 is 5.32 Å². The lowest BCUT2D eigenvalue weighted by molar-refractivity contribution is 0.424. The van der Waals surface area contributed by atoms with Crippen molar-refractivity contribution >= 4 is 23.2 Å². The predicted molar refractivity (Wildman–Crippen MR) is 75.1 cm³/mol. The van der Waals surface area contributed by atoms with Crippen molar-refractivity contribution in [2.75, 3.05) is 13.1 Å². The van der Waals surface area contributed by atoms with Crippen LogP contribution in [-0.4, -0.2) is 13.1 Å². The van der Waals surface area contributed by atoms with E-state index >= 15 is 0 Å². The number of hydrogen-bond donors (Lipinski definition) is 1. The normalized spacial score (nSPS) is 17.6. The number of benzene rings is 1. The molecule has 0 unspecified atom stereocenters. The summed E-state index contributed by atoms with van der Waals surface area (Å²) in [4.78, 5) is 0. The van der Waals surface area contributed by atoms with Crippen LogP contribution in [0.1, 0.15) is 25.3 Å². The van der Waals surface area contributed by atoms with E-state index in [0.717, 1.165) is 41.5 Å². The van der Waals surface area contributed by atoms with E-state index in [2.05, 4.69) is 24.4 Å². The molecule has 0 atom stereocenters. The molecule has 0 spiro atoms. The summed E-state index contributed by atoms with van der Waals surface area (Å²) in [6.45, 7) is 3.99. The van der Waals surface area contributed by atoms with Crippen molar-refractivity contribution in [2.24, 2.45) is 0 Å². The highest BCUT2D eigenvalue weighted by Gasteiger charge is 2.35. The van der Waals surface area contributed by atoms with Gasteiger partial charge in [-0.2, -0.15) is 0 Å². The Labute approximate surface area is 113 Å². The summed E-state index contributed by atoms with van der Waals surface area (Å²) in [6.07, 6.45) is 6.45. The average molecular weight is 270 g/mol. The topological polar surface area (TPSA) is 12.0 Å². The van der Waals surface area contributed by atoms with Crippen LogP contribution in [0.3, 0.4) is 0 Å². The van der Waals surface area contributed by atoms with Crippen LogP contribution in [0, 0.1) is 0 Å². The fourth-order valence-corrected chi connectivity index (χ4v) is 3.31. The van der Waals surface area contributed by atoms with Crippen molar-refractivity contribution in [3.63, 3.8) is 0 Å². The number of likely N-dealkylation sites (N-methyl/N-ethyl adjacent to an activating group) is 1. The van der Waals surface area contributed by atoms with Gasteiger partial charge in [0.15, 0.2) is 0 Å². The first-order valence-electron chi connectivity index (χ1n) is 6.00. The molecule has 0 heterocycles. The molecule has 0 bridgehead atoms. The molecular weight excluding hydrogens is 253 g/mol. The standard InChI is InChI=1S/C14H17Cl2N/c1-2-17-10-14(8-3-4-9-14)13-11(15)6-5-7-12(13)16/h3-7,17H,2,8-10H2,1H3. The highest BCUT2D eigenvalue weighted by atomic mass is 35.5. The van der Waals surface area contributed by atoms with Crippen molar-refractivity contribution in [1.29, 1.82) is 0 Å². The number of allylic oxidation sites excluding steroid dienone is 2. The highest BCUT2D eigenvalue weighted by Crippen LogP contribution is 2.43. The number of rotatable bonds is 4. The maximum atomic E-state index is 6.34. The zero-order valence-corrected chi connectivity index (χ0v) is 11.5. The summed E-state index contributed by atoms with van der Waals surface area (Å²) in [5.74, 6) is 0. The van der Waals surface area contributed by atoms with E-state index in [1.807, 2.05) is 18.2 Å². The van der Waals surface area contributed by atoms with Crippen LogP contribution in [-0.2, 0) is 5.41 Å². The average Bonchev–Trinajstić information content (AvgIpc) is 2.76. The Hall–Kier alpha value is -0.500. The monoisotopic (exact) mass is 269 g/mol. The smallest absolute Gasteiger partial charge is 0.0459 e. The number of nitrogens with one attached hydrogen (secondary N) is 1. The molecule has 17 heavy (non-hydrogen) atoms. The molecule has 1 N–H and O–H groups in total. The molecule has 3 heteroatoms. The Morgan fingerprint density at radius 2 is 1.76 bits per heavy atom. The van der Waals surface area contributed by atoms with E-state index in [4.69, 9.17) is 23.2 Å². The summed E-state index contributed by atoms with van der Waals surface area (Å²) in [5.41, 5.74) is 1.13. The first kappa shape index (κ1) is 12.9. The molecule has 0 saturated heterocycles. The molecule has 92 valence electrons. The Bertz CT molecular complexity index is 398. The lowest BCUT2D eigenvalue weighted by Gasteiger charge is -2.31. The van der Waals surface area contributed by atoms with Crippen LogP contribution in [0.4, 0.5) is 0 Å². The lowest BCUT2D eigenvalue weighted by atomic mass is 9.78. The summed E-state index contributed by atoms with van der Waals surface area (Å²) in [6, 6.07) is 5.75. The van der Waals surface area contributed by atoms with Crippen LogP contribution < -0.4 is 5.32 Å². The van der Waals surface area contributed by atoms with Gasteiger partial charge in [-0.3, -0.25) is 0 Å². The molecule has 0 radical (unpaired) electrons. The van der Waals surface area contributed by atoms with Gasteiger partial charge >= 0.3 is 0 Å². The van der Waals surface area contributed by atoms with Gasteiger partial charge in [-0.25, -0.2) is 0 Å². The Kier molecular flexibility index (Phi) is 4.13. The Balaban J connectivity index is 2.39. The van der Waals surface area contributed by atoms with E-state index in [0.29, 0.717) is 0 Å². The van der Waals surface area contributed by atoms with Crippen molar-refractivity contribution in [3.8, 4) is 0 Å². The van der Waals surface area contributed by atoms with E-state index in [9.17, 15) is 0 Å². The SMILES string of the molecule is CCNCC1(c2c(Cl)cccc2Cl)CC=CC1. The lowest BCUT2D eigenvalue weighted by Crippen LogP contribution is -2.36. The van der Waals surface area contributed by atoms with Crippen molar-refractivity contribution in [3.05, 3.63) is 46.0 Å². The minimum Gasteiger partial charge on any atom is -0.316 e. The van der Waals surface area contributed by atoms with Crippen LogP contribution in [0.5, 0.6) is 0 Å². The zero-order valence-electron chi connectivity index (χ0n) is 9.97. The zero-order chi connectivity index (χ0) is 12.3. The quantitative estimate of drug-likeness (QED) is 0.809. The molecule has 1 aliphatic carbocycles. The van der Waals surface area contributed by atoms with Gasteiger partial charge in [0.25, 0.3) is 0 Å². The second kappa shape index (κ2) is 5.43. The molecule has 2 rings (SSSR count). The first-order chi connectivity index (χ1) is 8.19. The van der Waals surface area contributed by atoms with E-state index in [-0.39, 0.29) is 5.41 Å². The van der Waals surface area contributed by atoms with Crippen molar-refractivity contribution < 1.29 is 0 Å². The third-order valence-corrected chi connectivity index (χ3v) is 4.02. The van der Waals surface area contributed by atoms with Gasteiger partial charge in [-0.05, 0) is 37.1 Å². The van der Waals surface area contributed by atoms with Crippen molar-refractivity contribution in [2.45, 2.75) is 25.2 Å². The van der Waals surface area contributed by atoms with Gasteiger partial charge in [-0.15, -0.1) is 0 Å². The largest absolute Gasteiger partial charge is 0.316 e. The maximum Gasteiger partial charge on any atom is 0.0459 e. The summed E-state index contributed by atoms with van der Waals surface area (Å²) < 4.78 is 0. The molecule has 0 amide bonds. The molecule has 1 nitrogen and oxygen atoms in total. The van der Waals surface area contributed by atoms with Gasteiger partial charge in [0, 0.05) is 22.0 Å². The highest BCUT2D eigenvalue weighted by molar-refractivity contribution is 6.36. The van der Waals surface area contributed by atoms with Crippen LogP contribution in [0.25, 0.3) is 0 Å². The molecular formula is C14H17Cl2N. The maximum absolute atomic E-state index is 6.34. The second-order valence-electron chi connectivity index (χ2n) is 4.54. The summed E-state index contributed by atoms with van der Waals surface area (Å²) in [5, 5.41) is 4.98. The Morgan fingerprint density at radius 3 is 2.29 bits per heavy atom. The minimum atomic E-state index is 0.0332. The van der Waals surface area contributed by atoms with Crippen LogP contribution >= 0.6 is 23.2 Å². The van der Waals surface area contributed by atoms with Crippen molar-refractivity contribution in [1.82, 2.24) is 5.32 Å². The summed E-state index contributed by atoms with van der Waals surface area (Å²) in [7, 11) is 0. The number of halogens is 2. The first-order valence-corrected chi connectivity index (χ1v) is 6.75. The van der Waals surface area contributed by atoms with Crippen LogP contribution in [0.15, 0.2) is 30.4 Å². The molecule has 1 aromatic carbocycles. The van der Waals surface area contributed by atoms with E-state index < -0.39 is 0 Å².